The molecule has 1 aliphatic heterocycles. The van der Waals surface area contributed by atoms with E-state index in [2.05, 4.69) is 5.32 Å². The van der Waals surface area contributed by atoms with Gasteiger partial charge in [0, 0.05) is 12.6 Å². The second-order valence-corrected chi connectivity index (χ2v) is 7.39. The minimum Gasteiger partial charge on any atom is -0.351 e. The molecule has 1 amide bonds. The van der Waals surface area contributed by atoms with E-state index in [0.717, 1.165) is 35.4 Å². The van der Waals surface area contributed by atoms with Gasteiger partial charge in [0.1, 0.15) is 5.25 Å². The zero-order valence-electron chi connectivity index (χ0n) is 13.9. The quantitative estimate of drug-likeness (QED) is 0.847. The van der Waals surface area contributed by atoms with E-state index >= 15 is 0 Å². The summed E-state index contributed by atoms with van der Waals surface area (Å²) in [6, 6.07) is 12.4. The Balaban J connectivity index is 1.85. The molecule has 2 atom stereocenters. The number of benzene rings is 2. The Morgan fingerprint density at radius 1 is 1.12 bits per heavy atom. The molecule has 26 heavy (non-hydrogen) atoms. The van der Waals surface area contributed by atoms with Crippen molar-refractivity contribution < 1.29 is 18.0 Å². The fraction of sp³-hybridized carbons (Fsp3) is 0.316. The van der Waals surface area contributed by atoms with E-state index in [0.29, 0.717) is 12.1 Å². The highest BCUT2D eigenvalue weighted by Crippen LogP contribution is 2.35. The van der Waals surface area contributed by atoms with Crippen LogP contribution in [0.5, 0.6) is 0 Å². The Kier molecular flexibility index (Phi) is 5.58. The van der Waals surface area contributed by atoms with Gasteiger partial charge in [-0.05, 0) is 47.1 Å². The third-order valence-electron chi connectivity index (χ3n) is 4.35. The van der Waals surface area contributed by atoms with Gasteiger partial charge in [0.2, 0.25) is 5.91 Å². The number of thioether (sulfide) groups is 1. The zero-order chi connectivity index (χ0) is 18.7. The van der Waals surface area contributed by atoms with E-state index in [-0.39, 0.29) is 17.2 Å². The molecule has 0 bridgehead atoms. The average Bonchev–Trinajstić information content (AvgIpc) is 2.82. The van der Waals surface area contributed by atoms with E-state index in [4.69, 9.17) is 5.73 Å². The van der Waals surface area contributed by atoms with Gasteiger partial charge >= 0.3 is 6.18 Å². The third-order valence-corrected chi connectivity index (χ3v) is 5.65. The molecule has 0 unspecified atom stereocenters. The molecule has 0 spiro atoms. The van der Waals surface area contributed by atoms with Crippen molar-refractivity contribution in [2.24, 2.45) is 5.73 Å². The van der Waals surface area contributed by atoms with Crippen molar-refractivity contribution in [3.63, 3.8) is 0 Å². The van der Waals surface area contributed by atoms with Crippen molar-refractivity contribution in [1.82, 2.24) is 5.32 Å². The van der Waals surface area contributed by atoms with Crippen molar-refractivity contribution in [3.05, 3.63) is 59.7 Å². The first-order valence-electron chi connectivity index (χ1n) is 8.28. The molecule has 2 aromatic rings. The van der Waals surface area contributed by atoms with Crippen LogP contribution >= 0.6 is 11.8 Å². The summed E-state index contributed by atoms with van der Waals surface area (Å²) < 4.78 is 38.1. The lowest BCUT2D eigenvalue weighted by atomic mass is 10.00. The second-order valence-electron chi connectivity index (χ2n) is 6.18. The molecule has 138 valence electrons. The minimum absolute atomic E-state index is 0.0157. The number of hydrogen-bond donors (Lipinski definition) is 2. The SMILES string of the molecule is NC[C@@H]1CCS[C@H](c2cccc(-c3ccc(C(F)(F)F)cc3)c2)C(=O)N1. The van der Waals surface area contributed by atoms with Crippen molar-refractivity contribution >= 4 is 17.7 Å². The number of hydrogen-bond acceptors (Lipinski definition) is 3. The lowest BCUT2D eigenvalue weighted by Crippen LogP contribution is -2.40. The van der Waals surface area contributed by atoms with E-state index in [1.807, 2.05) is 24.3 Å². The standard InChI is InChI=1S/C19H19F3N2OS/c20-19(21,22)15-6-4-12(5-7-15)13-2-1-3-14(10-13)17-18(25)24-16(11-23)8-9-26-17/h1-7,10,16-17H,8-9,11,23H2,(H,24,25)/t16-,17+/m0/s1. The summed E-state index contributed by atoms with van der Waals surface area (Å²) in [5, 5.41) is 2.60. The number of nitrogens with two attached hydrogens (primary N) is 1. The largest absolute Gasteiger partial charge is 0.416 e. The maximum Gasteiger partial charge on any atom is 0.416 e. The summed E-state index contributed by atoms with van der Waals surface area (Å²) in [4.78, 5) is 12.5. The van der Waals surface area contributed by atoms with Gasteiger partial charge in [-0.15, -0.1) is 11.8 Å². The Hall–Kier alpha value is -1.99. The first kappa shape index (κ1) is 18.8. The Morgan fingerprint density at radius 2 is 1.85 bits per heavy atom. The summed E-state index contributed by atoms with van der Waals surface area (Å²) in [6.07, 6.45) is -3.53. The highest BCUT2D eigenvalue weighted by Gasteiger charge is 2.30. The Labute approximate surface area is 154 Å². The number of halogens is 3. The molecule has 7 heteroatoms. The fourth-order valence-electron chi connectivity index (χ4n) is 2.91. The molecule has 1 aliphatic rings. The molecule has 0 aliphatic carbocycles. The molecule has 0 aromatic heterocycles. The van der Waals surface area contributed by atoms with Crippen LogP contribution in [0.25, 0.3) is 11.1 Å². The van der Waals surface area contributed by atoms with E-state index in [1.54, 1.807) is 11.8 Å². The van der Waals surface area contributed by atoms with Gasteiger partial charge in [-0.1, -0.05) is 30.3 Å². The fourth-order valence-corrected chi connectivity index (χ4v) is 4.13. The molecule has 3 N–H and O–H groups in total. The summed E-state index contributed by atoms with van der Waals surface area (Å²) in [5.74, 6) is 0.739. The highest BCUT2D eigenvalue weighted by atomic mass is 32.2. The average molecular weight is 380 g/mol. The van der Waals surface area contributed by atoms with Crippen LogP contribution in [0.15, 0.2) is 48.5 Å². The minimum atomic E-state index is -4.35. The molecule has 3 nitrogen and oxygen atoms in total. The van der Waals surface area contributed by atoms with E-state index in [1.165, 1.54) is 12.1 Å². The lowest BCUT2D eigenvalue weighted by Gasteiger charge is -2.16. The smallest absolute Gasteiger partial charge is 0.351 e. The van der Waals surface area contributed by atoms with Gasteiger partial charge in [-0.3, -0.25) is 4.79 Å². The van der Waals surface area contributed by atoms with Crippen LogP contribution in [0.2, 0.25) is 0 Å². The van der Waals surface area contributed by atoms with Gasteiger partial charge in [0.05, 0.1) is 5.56 Å². The van der Waals surface area contributed by atoms with Crippen molar-refractivity contribution in [2.45, 2.75) is 23.9 Å². The van der Waals surface area contributed by atoms with Crippen molar-refractivity contribution in [3.8, 4) is 11.1 Å². The number of carbonyl (C=O) groups excluding carboxylic acids is 1. The molecular formula is C19H19F3N2OS. The first-order valence-corrected chi connectivity index (χ1v) is 9.33. The number of amides is 1. The van der Waals surface area contributed by atoms with Gasteiger partial charge in [0.15, 0.2) is 0 Å². The van der Waals surface area contributed by atoms with Crippen LogP contribution in [0, 0.1) is 0 Å². The number of rotatable bonds is 3. The molecule has 1 fully saturated rings. The molecule has 1 heterocycles. The van der Waals surface area contributed by atoms with Crippen LogP contribution in [0.3, 0.4) is 0 Å². The monoisotopic (exact) mass is 380 g/mol. The number of alkyl halides is 3. The van der Waals surface area contributed by atoms with Crippen molar-refractivity contribution in [1.29, 1.82) is 0 Å². The van der Waals surface area contributed by atoms with Crippen LogP contribution in [-0.2, 0) is 11.0 Å². The predicted octanol–water partition coefficient (Wildman–Crippen LogP) is 3.99. The normalized spacial score (nSPS) is 21.2. The summed E-state index contributed by atoms with van der Waals surface area (Å²) >= 11 is 1.56. The van der Waals surface area contributed by atoms with Gasteiger partial charge in [-0.2, -0.15) is 13.2 Å². The van der Waals surface area contributed by atoms with E-state index < -0.39 is 11.7 Å². The van der Waals surface area contributed by atoms with Crippen LogP contribution < -0.4 is 11.1 Å². The topological polar surface area (TPSA) is 55.1 Å². The predicted molar refractivity (Wildman–Crippen MR) is 97.7 cm³/mol. The zero-order valence-corrected chi connectivity index (χ0v) is 14.7. The molecule has 2 aromatic carbocycles. The molecule has 0 radical (unpaired) electrons. The number of carbonyl (C=O) groups is 1. The van der Waals surface area contributed by atoms with E-state index in [9.17, 15) is 18.0 Å². The summed E-state index contributed by atoms with van der Waals surface area (Å²) in [5.41, 5.74) is 7.28. The third kappa shape index (κ3) is 4.22. The Bertz CT molecular complexity index is 777. The summed E-state index contributed by atoms with van der Waals surface area (Å²) in [7, 11) is 0. The molecule has 3 rings (SSSR count). The number of nitrogens with one attached hydrogen (secondary N) is 1. The van der Waals surface area contributed by atoms with Crippen LogP contribution in [0.1, 0.15) is 22.8 Å². The van der Waals surface area contributed by atoms with Gasteiger partial charge < -0.3 is 11.1 Å². The lowest BCUT2D eigenvalue weighted by molar-refractivity contribution is -0.137. The summed E-state index contributed by atoms with van der Waals surface area (Å²) in [6.45, 7) is 0.407. The van der Waals surface area contributed by atoms with Crippen LogP contribution in [-0.4, -0.2) is 24.2 Å². The Morgan fingerprint density at radius 3 is 2.50 bits per heavy atom. The maximum atomic E-state index is 12.7. The van der Waals surface area contributed by atoms with Gasteiger partial charge in [-0.25, -0.2) is 0 Å². The molecule has 1 saturated heterocycles. The second kappa shape index (κ2) is 7.72. The van der Waals surface area contributed by atoms with Crippen molar-refractivity contribution in [2.75, 3.05) is 12.3 Å². The molecular weight excluding hydrogens is 361 g/mol. The highest BCUT2D eigenvalue weighted by molar-refractivity contribution is 8.00. The van der Waals surface area contributed by atoms with Crippen LogP contribution in [0.4, 0.5) is 13.2 Å². The molecule has 0 saturated carbocycles. The van der Waals surface area contributed by atoms with Gasteiger partial charge in [0.25, 0.3) is 0 Å². The first-order chi connectivity index (χ1) is 12.4. The maximum absolute atomic E-state index is 12.7.